The summed E-state index contributed by atoms with van der Waals surface area (Å²) in [6.45, 7) is 0. The monoisotopic (exact) mass is 486 g/mol. The maximum atomic E-state index is 6.53. The lowest BCUT2D eigenvalue weighted by atomic mass is 10.1. The maximum Gasteiger partial charge on any atom is 0.530 e. The minimum Gasteiger partial charge on any atom is -0.408 e. The van der Waals surface area contributed by atoms with E-state index in [0.29, 0.717) is 5.75 Å². The molecule has 0 fully saturated rings. The molecule has 6 aromatic carbocycles. The number of benzene rings is 6. The summed E-state index contributed by atoms with van der Waals surface area (Å²) < 4.78 is 19.5. The molecule has 0 atom stereocenters. The van der Waals surface area contributed by atoms with Gasteiger partial charge in [0, 0.05) is 16.3 Å². The summed E-state index contributed by atoms with van der Waals surface area (Å²) in [5.41, 5.74) is 2.05. The molecular formula is C32H23O3P. The van der Waals surface area contributed by atoms with Gasteiger partial charge in [0.1, 0.15) is 17.2 Å². The van der Waals surface area contributed by atoms with Crippen LogP contribution < -0.4 is 13.6 Å². The van der Waals surface area contributed by atoms with Crippen LogP contribution in [0.2, 0.25) is 0 Å². The van der Waals surface area contributed by atoms with Gasteiger partial charge in [0.15, 0.2) is 0 Å². The Hall–Kier alpha value is -4.33. The normalized spacial score (nSPS) is 11.0. The van der Waals surface area contributed by atoms with E-state index in [1.165, 1.54) is 0 Å². The Balaban J connectivity index is 1.41. The number of hydrogen-bond acceptors (Lipinski definition) is 3. The van der Waals surface area contributed by atoms with E-state index in [1.54, 1.807) is 0 Å². The van der Waals surface area contributed by atoms with Crippen LogP contribution in [-0.2, 0) is 0 Å². The second-order valence-corrected chi connectivity index (χ2v) is 9.31. The predicted molar refractivity (Wildman–Crippen MR) is 149 cm³/mol. The molecule has 36 heavy (non-hydrogen) atoms. The average molecular weight is 487 g/mol. The highest BCUT2D eigenvalue weighted by atomic mass is 31.2. The van der Waals surface area contributed by atoms with Crippen LogP contribution in [-0.4, -0.2) is 0 Å². The van der Waals surface area contributed by atoms with Crippen molar-refractivity contribution in [1.82, 2.24) is 0 Å². The summed E-state index contributed by atoms with van der Waals surface area (Å²) >= 11 is 0. The van der Waals surface area contributed by atoms with E-state index in [9.17, 15) is 0 Å². The molecule has 0 radical (unpaired) electrons. The van der Waals surface area contributed by atoms with Crippen molar-refractivity contribution in [3.8, 4) is 28.4 Å². The molecule has 0 spiro atoms. The number of fused-ring (bicyclic) bond motifs is 2. The van der Waals surface area contributed by atoms with Crippen LogP contribution in [0.25, 0.3) is 32.7 Å². The fourth-order valence-electron chi connectivity index (χ4n) is 4.25. The van der Waals surface area contributed by atoms with E-state index < -0.39 is 8.60 Å². The Morgan fingerprint density at radius 3 is 1.44 bits per heavy atom. The fraction of sp³-hybridized carbons (Fsp3) is 0. The minimum atomic E-state index is -1.84. The highest BCUT2D eigenvalue weighted by Gasteiger charge is 2.23. The topological polar surface area (TPSA) is 27.7 Å². The van der Waals surface area contributed by atoms with E-state index in [0.717, 1.165) is 44.2 Å². The van der Waals surface area contributed by atoms with Gasteiger partial charge < -0.3 is 13.6 Å². The van der Waals surface area contributed by atoms with Gasteiger partial charge in [-0.3, -0.25) is 0 Å². The quantitative estimate of drug-likeness (QED) is 0.210. The smallest absolute Gasteiger partial charge is 0.408 e. The lowest BCUT2D eigenvalue weighted by Gasteiger charge is -2.21. The third-order valence-electron chi connectivity index (χ3n) is 5.99. The Kier molecular flexibility index (Phi) is 6.22. The van der Waals surface area contributed by atoms with Crippen molar-refractivity contribution in [2.45, 2.75) is 0 Å². The standard InChI is InChI=1S/C32H23O3P/c1-2-12-24(13-3-1)27-20-8-9-21-30(27)33-36(34-31-22-10-16-25-14-4-6-18-28(25)31)35-32-23-11-17-26-15-5-7-19-29(26)32/h1-23H. The van der Waals surface area contributed by atoms with Crippen molar-refractivity contribution in [2.75, 3.05) is 0 Å². The zero-order valence-electron chi connectivity index (χ0n) is 19.5. The Morgan fingerprint density at radius 2 is 0.806 bits per heavy atom. The van der Waals surface area contributed by atoms with Crippen LogP contribution in [0, 0.1) is 0 Å². The van der Waals surface area contributed by atoms with Gasteiger partial charge in [0.05, 0.1) is 0 Å². The largest absolute Gasteiger partial charge is 0.530 e. The number of para-hydroxylation sites is 1. The highest BCUT2D eigenvalue weighted by Crippen LogP contribution is 2.47. The van der Waals surface area contributed by atoms with Gasteiger partial charge in [-0.05, 0) is 34.5 Å². The molecule has 0 aliphatic carbocycles. The number of hydrogen-bond donors (Lipinski definition) is 0. The molecule has 0 N–H and O–H groups in total. The molecule has 0 bridgehead atoms. The van der Waals surface area contributed by atoms with E-state index >= 15 is 0 Å². The zero-order valence-corrected chi connectivity index (χ0v) is 20.3. The van der Waals surface area contributed by atoms with Gasteiger partial charge >= 0.3 is 8.60 Å². The molecule has 0 aliphatic heterocycles. The average Bonchev–Trinajstić information content (AvgIpc) is 2.94. The molecule has 3 nitrogen and oxygen atoms in total. The van der Waals surface area contributed by atoms with Gasteiger partial charge in [0.25, 0.3) is 0 Å². The summed E-state index contributed by atoms with van der Waals surface area (Å²) in [6, 6.07) is 46.5. The van der Waals surface area contributed by atoms with Crippen molar-refractivity contribution in [3.63, 3.8) is 0 Å². The van der Waals surface area contributed by atoms with E-state index in [2.05, 4.69) is 36.4 Å². The van der Waals surface area contributed by atoms with Crippen LogP contribution >= 0.6 is 8.60 Å². The first-order valence-electron chi connectivity index (χ1n) is 11.8. The summed E-state index contributed by atoms with van der Waals surface area (Å²) in [7, 11) is -1.84. The molecule has 0 saturated carbocycles. The van der Waals surface area contributed by atoms with Gasteiger partial charge in [-0.25, -0.2) is 0 Å². The Morgan fingerprint density at radius 1 is 0.361 bits per heavy atom. The molecule has 0 saturated heterocycles. The first-order chi connectivity index (χ1) is 17.8. The highest BCUT2D eigenvalue weighted by molar-refractivity contribution is 7.43. The molecule has 6 rings (SSSR count). The summed E-state index contributed by atoms with van der Waals surface area (Å²) in [6.07, 6.45) is 0. The number of rotatable bonds is 7. The molecule has 0 amide bonds. The second-order valence-electron chi connectivity index (χ2n) is 8.31. The predicted octanol–water partition coefficient (Wildman–Crippen LogP) is 9.42. The van der Waals surface area contributed by atoms with Crippen molar-refractivity contribution in [1.29, 1.82) is 0 Å². The lowest BCUT2D eigenvalue weighted by Crippen LogP contribution is -2.03. The molecular weight excluding hydrogens is 463 g/mol. The summed E-state index contributed by atoms with van der Waals surface area (Å²) in [5, 5.41) is 4.21. The van der Waals surface area contributed by atoms with Crippen molar-refractivity contribution in [3.05, 3.63) is 140 Å². The third kappa shape index (κ3) is 4.62. The summed E-state index contributed by atoms with van der Waals surface area (Å²) in [5.74, 6) is 2.14. The Labute approximate surface area is 211 Å². The van der Waals surface area contributed by atoms with Gasteiger partial charge in [-0.15, -0.1) is 0 Å². The lowest BCUT2D eigenvalue weighted by molar-refractivity contribution is 0.392. The minimum absolute atomic E-state index is 0.704. The van der Waals surface area contributed by atoms with Crippen LogP contribution in [0.1, 0.15) is 0 Å². The first kappa shape index (κ1) is 22.2. The molecule has 0 heterocycles. The van der Waals surface area contributed by atoms with Crippen molar-refractivity contribution < 1.29 is 13.6 Å². The third-order valence-corrected chi connectivity index (χ3v) is 7.03. The zero-order chi connectivity index (χ0) is 24.2. The van der Waals surface area contributed by atoms with Crippen LogP contribution in [0.4, 0.5) is 0 Å². The van der Waals surface area contributed by atoms with Crippen molar-refractivity contribution in [2.24, 2.45) is 0 Å². The van der Waals surface area contributed by atoms with Crippen LogP contribution in [0.5, 0.6) is 17.2 Å². The molecule has 174 valence electrons. The fourth-order valence-corrected chi connectivity index (χ4v) is 5.32. The van der Waals surface area contributed by atoms with Crippen LogP contribution in [0.15, 0.2) is 140 Å². The molecule has 6 aromatic rings. The second kappa shape index (κ2) is 10.1. The van der Waals surface area contributed by atoms with Gasteiger partial charge in [0.2, 0.25) is 0 Å². The van der Waals surface area contributed by atoms with Gasteiger partial charge in [-0.2, -0.15) is 0 Å². The Bertz CT molecular complexity index is 1540. The van der Waals surface area contributed by atoms with E-state index in [-0.39, 0.29) is 0 Å². The molecule has 0 aromatic heterocycles. The summed E-state index contributed by atoms with van der Waals surface area (Å²) in [4.78, 5) is 0. The maximum absolute atomic E-state index is 6.53. The molecule has 0 aliphatic rings. The SMILES string of the molecule is c1ccc(-c2ccccc2OP(Oc2cccc3ccccc23)Oc2cccc3ccccc23)cc1. The van der Waals surface area contributed by atoms with Crippen LogP contribution in [0.3, 0.4) is 0 Å². The first-order valence-corrected chi connectivity index (χ1v) is 12.9. The van der Waals surface area contributed by atoms with E-state index in [1.807, 2.05) is 103 Å². The van der Waals surface area contributed by atoms with E-state index in [4.69, 9.17) is 13.6 Å². The van der Waals surface area contributed by atoms with Gasteiger partial charge in [-0.1, -0.05) is 121 Å². The molecule has 4 heteroatoms. The molecule has 0 unspecified atom stereocenters. The van der Waals surface area contributed by atoms with Crippen molar-refractivity contribution >= 4 is 30.1 Å².